The molecule has 0 saturated carbocycles. The predicted octanol–water partition coefficient (Wildman–Crippen LogP) is 2.60. The van der Waals surface area contributed by atoms with Gasteiger partial charge in [0.2, 0.25) is 0 Å². The van der Waals surface area contributed by atoms with E-state index in [4.69, 9.17) is 9.47 Å². The van der Waals surface area contributed by atoms with Crippen molar-refractivity contribution in [3.8, 4) is 17.2 Å². The number of carbonyl (C=O) groups is 1. The summed E-state index contributed by atoms with van der Waals surface area (Å²) in [6, 6.07) is 17.8. The molecule has 0 aliphatic carbocycles. The molecule has 1 aliphatic rings. The van der Waals surface area contributed by atoms with Gasteiger partial charge in [-0.3, -0.25) is 9.59 Å². The summed E-state index contributed by atoms with van der Waals surface area (Å²) in [5.74, 6) is 1.79. The van der Waals surface area contributed by atoms with Gasteiger partial charge in [0.25, 0.3) is 11.5 Å². The Morgan fingerprint density at radius 2 is 1.66 bits per heavy atom. The van der Waals surface area contributed by atoms with Crippen LogP contribution in [0.4, 0.5) is 5.82 Å². The van der Waals surface area contributed by atoms with Crippen LogP contribution in [0.15, 0.2) is 65.5 Å². The molecule has 0 atom stereocenters. The van der Waals surface area contributed by atoms with Gasteiger partial charge in [-0.25, -0.2) is 0 Å². The molecule has 1 fully saturated rings. The molecule has 8 nitrogen and oxygen atoms in total. The minimum Gasteiger partial charge on any atom is -0.493 e. The average molecular weight is 434 g/mol. The monoisotopic (exact) mass is 434 g/mol. The number of ether oxygens (including phenoxy) is 2. The Labute approximate surface area is 186 Å². The lowest BCUT2D eigenvalue weighted by Crippen LogP contribution is -2.36. The van der Waals surface area contributed by atoms with Crippen LogP contribution in [-0.2, 0) is 0 Å². The summed E-state index contributed by atoms with van der Waals surface area (Å²) >= 11 is 0. The Kier molecular flexibility index (Phi) is 6.39. The van der Waals surface area contributed by atoms with Gasteiger partial charge >= 0.3 is 0 Å². The number of rotatable bonds is 5. The molecule has 4 rings (SSSR count). The molecule has 1 aliphatic heterocycles. The van der Waals surface area contributed by atoms with Crippen LogP contribution in [0.5, 0.6) is 11.5 Å². The van der Waals surface area contributed by atoms with Gasteiger partial charge in [0.15, 0.2) is 11.5 Å². The highest BCUT2D eigenvalue weighted by molar-refractivity contribution is 5.95. The molecule has 0 bridgehead atoms. The summed E-state index contributed by atoms with van der Waals surface area (Å²) in [6.45, 7) is 2.57. The lowest BCUT2D eigenvalue weighted by molar-refractivity contribution is 0.0766. The first-order chi connectivity index (χ1) is 15.6. The fourth-order valence-corrected chi connectivity index (χ4v) is 3.83. The van der Waals surface area contributed by atoms with Crippen LogP contribution in [0, 0.1) is 0 Å². The Balaban J connectivity index is 1.50. The van der Waals surface area contributed by atoms with Crippen LogP contribution in [0.1, 0.15) is 16.8 Å². The van der Waals surface area contributed by atoms with E-state index in [9.17, 15) is 9.59 Å². The molecule has 1 aromatic heterocycles. The van der Waals surface area contributed by atoms with Crippen molar-refractivity contribution in [3.63, 3.8) is 0 Å². The van der Waals surface area contributed by atoms with Gasteiger partial charge in [-0.05, 0) is 42.8 Å². The van der Waals surface area contributed by atoms with E-state index in [0.29, 0.717) is 42.5 Å². The lowest BCUT2D eigenvalue weighted by atomic mass is 10.1. The predicted molar refractivity (Wildman–Crippen MR) is 122 cm³/mol. The number of hydrogen-bond donors (Lipinski definition) is 0. The van der Waals surface area contributed by atoms with E-state index in [1.54, 1.807) is 38.5 Å². The minimum atomic E-state index is -0.181. The van der Waals surface area contributed by atoms with Gasteiger partial charge in [-0.15, -0.1) is 5.10 Å². The first-order valence-corrected chi connectivity index (χ1v) is 10.5. The summed E-state index contributed by atoms with van der Waals surface area (Å²) in [4.78, 5) is 29.4. The van der Waals surface area contributed by atoms with Gasteiger partial charge < -0.3 is 19.3 Å². The van der Waals surface area contributed by atoms with Gasteiger partial charge in [0.05, 0.1) is 19.9 Å². The van der Waals surface area contributed by atoms with E-state index in [1.165, 1.54) is 10.7 Å². The molecule has 2 aromatic carbocycles. The second-order valence-electron chi connectivity index (χ2n) is 7.48. The van der Waals surface area contributed by atoms with Crippen molar-refractivity contribution in [2.24, 2.45) is 0 Å². The standard InChI is InChI=1S/C24H26N4O4/c1-31-20-10-9-18(17-21(20)32-2)24(30)27-14-6-13-26(15-16-27)22-11-12-23(29)28(25-22)19-7-4-3-5-8-19/h3-5,7-12,17H,6,13-16H2,1-2H3. The number of hydrogen-bond acceptors (Lipinski definition) is 6. The van der Waals surface area contributed by atoms with Crippen molar-refractivity contribution in [2.45, 2.75) is 6.42 Å². The molecule has 0 N–H and O–H groups in total. The van der Waals surface area contributed by atoms with Crippen molar-refractivity contribution in [1.82, 2.24) is 14.7 Å². The van der Waals surface area contributed by atoms with Gasteiger partial charge in [0, 0.05) is 37.8 Å². The molecule has 0 spiro atoms. The summed E-state index contributed by atoms with van der Waals surface area (Å²) in [6.07, 6.45) is 0.797. The van der Waals surface area contributed by atoms with Crippen LogP contribution in [0.25, 0.3) is 5.69 Å². The zero-order chi connectivity index (χ0) is 22.5. The van der Waals surface area contributed by atoms with E-state index < -0.39 is 0 Å². The van der Waals surface area contributed by atoms with E-state index in [0.717, 1.165) is 18.7 Å². The number of benzene rings is 2. The fraction of sp³-hybridized carbons (Fsp3) is 0.292. The number of aromatic nitrogens is 2. The zero-order valence-electron chi connectivity index (χ0n) is 18.2. The van der Waals surface area contributed by atoms with E-state index in [1.807, 2.05) is 35.2 Å². The van der Waals surface area contributed by atoms with Gasteiger partial charge in [0.1, 0.15) is 5.82 Å². The molecule has 8 heteroatoms. The number of anilines is 1. The maximum Gasteiger partial charge on any atom is 0.271 e. The third-order valence-electron chi connectivity index (χ3n) is 5.52. The van der Waals surface area contributed by atoms with Crippen LogP contribution >= 0.6 is 0 Å². The Morgan fingerprint density at radius 3 is 2.41 bits per heavy atom. The normalized spacial score (nSPS) is 14.1. The molecule has 2 heterocycles. The molecular formula is C24H26N4O4. The van der Waals surface area contributed by atoms with E-state index >= 15 is 0 Å². The van der Waals surface area contributed by atoms with Crippen LogP contribution in [-0.4, -0.2) is 61.0 Å². The molecule has 1 saturated heterocycles. The minimum absolute atomic E-state index is 0.0463. The van der Waals surface area contributed by atoms with E-state index in [2.05, 4.69) is 10.00 Å². The Bertz CT molecular complexity index is 1150. The first kappa shape index (κ1) is 21.4. The number of carbonyl (C=O) groups excluding carboxylic acids is 1. The maximum absolute atomic E-state index is 13.1. The number of methoxy groups -OCH3 is 2. The van der Waals surface area contributed by atoms with Gasteiger partial charge in [-0.2, -0.15) is 4.68 Å². The second kappa shape index (κ2) is 9.55. The summed E-state index contributed by atoms with van der Waals surface area (Å²) in [5, 5.41) is 4.57. The summed E-state index contributed by atoms with van der Waals surface area (Å²) in [7, 11) is 3.12. The molecular weight excluding hydrogens is 408 g/mol. The van der Waals surface area contributed by atoms with Crippen molar-refractivity contribution in [1.29, 1.82) is 0 Å². The second-order valence-corrected chi connectivity index (χ2v) is 7.48. The van der Waals surface area contributed by atoms with Crippen molar-refractivity contribution < 1.29 is 14.3 Å². The van der Waals surface area contributed by atoms with Crippen LogP contribution in [0.2, 0.25) is 0 Å². The molecule has 3 aromatic rings. The fourth-order valence-electron chi connectivity index (χ4n) is 3.83. The topological polar surface area (TPSA) is 76.9 Å². The molecule has 32 heavy (non-hydrogen) atoms. The largest absolute Gasteiger partial charge is 0.493 e. The number of nitrogens with zero attached hydrogens (tertiary/aromatic N) is 4. The van der Waals surface area contributed by atoms with E-state index in [-0.39, 0.29) is 11.5 Å². The average Bonchev–Trinajstić information content (AvgIpc) is 3.10. The smallest absolute Gasteiger partial charge is 0.271 e. The SMILES string of the molecule is COc1ccc(C(=O)N2CCCN(c3ccc(=O)n(-c4ccccc4)n3)CC2)cc1OC. The molecule has 0 unspecified atom stereocenters. The third kappa shape index (κ3) is 4.44. The van der Waals surface area contributed by atoms with Crippen LogP contribution < -0.4 is 19.9 Å². The first-order valence-electron chi connectivity index (χ1n) is 10.5. The number of para-hydroxylation sites is 1. The van der Waals surface area contributed by atoms with Crippen molar-refractivity contribution in [3.05, 3.63) is 76.6 Å². The zero-order valence-corrected chi connectivity index (χ0v) is 18.2. The Hall–Kier alpha value is -3.81. The quantitative estimate of drug-likeness (QED) is 0.614. The van der Waals surface area contributed by atoms with Crippen molar-refractivity contribution >= 4 is 11.7 Å². The maximum atomic E-state index is 13.1. The molecule has 1 amide bonds. The molecule has 166 valence electrons. The summed E-state index contributed by atoms with van der Waals surface area (Å²) < 4.78 is 12.0. The highest BCUT2D eigenvalue weighted by Gasteiger charge is 2.22. The van der Waals surface area contributed by atoms with Crippen LogP contribution in [0.3, 0.4) is 0 Å². The van der Waals surface area contributed by atoms with Crippen molar-refractivity contribution in [2.75, 3.05) is 45.3 Å². The highest BCUT2D eigenvalue weighted by atomic mass is 16.5. The lowest BCUT2D eigenvalue weighted by Gasteiger charge is -2.23. The highest BCUT2D eigenvalue weighted by Crippen LogP contribution is 2.28. The molecule has 0 radical (unpaired) electrons. The Morgan fingerprint density at radius 1 is 0.875 bits per heavy atom. The summed E-state index contributed by atoms with van der Waals surface area (Å²) in [5.41, 5.74) is 1.10. The van der Waals surface area contributed by atoms with Gasteiger partial charge in [-0.1, -0.05) is 18.2 Å². The number of amides is 1. The third-order valence-corrected chi connectivity index (χ3v) is 5.52.